The molecule has 0 aromatic rings. The lowest BCUT2D eigenvalue weighted by atomic mass is 10.2. The third-order valence-electron chi connectivity index (χ3n) is 2.07. The van der Waals surface area contributed by atoms with Gasteiger partial charge in [0.25, 0.3) is 0 Å². The van der Waals surface area contributed by atoms with Crippen molar-refractivity contribution in [1.82, 2.24) is 5.32 Å². The van der Waals surface area contributed by atoms with Crippen LogP contribution in [0.25, 0.3) is 0 Å². The maximum absolute atomic E-state index is 11.4. The molecule has 1 amide bonds. The molecule has 0 heterocycles. The molecule has 0 aliphatic carbocycles. The van der Waals surface area contributed by atoms with E-state index in [9.17, 15) is 9.59 Å². The van der Waals surface area contributed by atoms with E-state index >= 15 is 0 Å². The molecule has 0 aliphatic rings. The van der Waals surface area contributed by atoms with E-state index in [-0.39, 0.29) is 12.6 Å². The van der Waals surface area contributed by atoms with Gasteiger partial charge in [0.15, 0.2) is 0 Å². The van der Waals surface area contributed by atoms with Gasteiger partial charge in [-0.2, -0.15) is 0 Å². The summed E-state index contributed by atoms with van der Waals surface area (Å²) in [6.07, 6.45) is 2.21. The highest BCUT2D eigenvalue weighted by Gasteiger charge is 2.17. The van der Waals surface area contributed by atoms with Crippen LogP contribution >= 0.6 is 0 Å². The number of hydrogen-bond donors (Lipinski definition) is 1. The van der Waals surface area contributed by atoms with E-state index in [1.807, 2.05) is 6.92 Å². The molecule has 18 heavy (non-hydrogen) atoms. The molecule has 0 saturated heterocycles. The molecule has 0 saturated carbocycles. The van der Waals surface area contributed by atoms with Crippen LogP contribution in [0.1, 0.15) is 53.9 Å². The smallest absolute Gasteiger partial charge is 0.408 e. The highest BCUT2D eigenvalue weighted by Crippen LogP contribution is 2.06. The van der Waals surface area contributed by atoms with E-state index in [1.54, 1.807) is 20.8 Å². The maximum atomic E-state index is 11.4. The van der Waals surface area contributed by atoms with Gasteiger partial charge in [-0.15, -0.1) is 0 Å². The van der Waals surface area contributed by atoms with Crippen LogP contribution in [-0.4, -0.2) is 30.3 Å². The van der Waals surface area contributed by atoms with Crippen LogP contribution in [0.2, 0.25) is 0 Å². The Hall–Kier alpha value is -1.26. The van der Waals surface area contributed by atoms with Crippen LogP contribution in [0.4, 0.5) is 4.79 Å². The largest absolute Gasteiger partial charge is 0.461 e. The molecule has 0 unspecified atom stereocenters. The second-order valence-electron chi connectivity index (χ2n) is 5.30. The van der Waals surface area contributed by atoms with E-state index in [0.29, 0.717) is 0 Å². The predicted octanol–water partition coefficient (Wildman–Crippen LogP) is 2.63. The van der Waals surface area contributed by atoms with E-state index in [1.165, 1.54) is 0 Å². The Bertz CT molecular complexity index is 271. The molecule has 0 spiro atoms. The molecule has 0 bridgehead atoms. The van der Waals surface area contributed by atoms with Crippen molar-refractivity contribution in [2.75, 3.05) is 6.54 Å². The lowest BCUT2D eigenvalue weighted by Crippen LogP contribution is -2.36. The van der Waals surface area contributed by atoms with Crippen molar-refractivity contribution in [2.24, 2.45) is 0 Å². The van der Waals surface area contributed by atoms with Crippen LogP contribution in [-0.2, 0) is 14.3 Å². The van der Waals surface area contributed by atoms with Crippen molar-refractivity contribution >= 4 is 12.1 Å². The number of amides is 1. The standard InChI is InChI=1S/C13H25NO4/c1-6-7-8-10(2)17-11(15)9-14-12(16)18-13(3,4)5/h10H,6-9H2,1-5H3,(H,14,16)/t10-/m0/s1. The topological polar surface area (TPSA) is 64.6 Å². The van der Waals surface area contributed by atoms with Crippen molar-refractivity contribution in [3.63, 3.8) is 0 Å². The summed E-state index contributed by atoms with van der Waals surface area (Å²) in [4.78, 5) is 22.7. The third kappa shape index (κ3) is 9.93. The SMILES string of the molecule is CCCC[C@H](C)OC(=O)CNC(=O)OC(C)(C)C. The fraction of sp³-hybridized carbons (Fsp3) is 0.846. The molecule has 1 atom stereocenters. The molecule has 5 heteroatoms. The first-order chi connectivity index (χ1) is 8.24. The molecular weight excluding hydrogens is 234 g/mol. The number of ether oxygens (including phenoxy) is 2. The molecule has 106 valence electrons. The molecule has 0 rings (SSSR count). The fourth-order valence-electron chi connectivity index (χ4n) is 1.28. The van der Waals surface area contributed by atoms with Gasteiger partial charge in [0, 0.05) is 0 Å². The van der Waals surface area contributed by atoms with Crippen LogP contribution in [0.5, 0.6) is 0 Å². The molecular formula is C13H25NO4. The summed E-state index contributed by atoms with van der Waals surface area (Å²) in [5, 5.41) is 2.36. The van der Waals surface area contributed by atoms with E-state index < -0.39 is 17.7 Å². The molecule has 1 N–H and O–H groups in total. The average molecular weight is 259 g/mol. The minimum Gasteiger partial charge on any atom is -0.461 e. The Labute approximate surface area is 109 Å². The number of alkyl carbamates (subject to hydrolysis) is 1. The highest BCUT2D eigenvalue weighted by atomic mass is 16.6. The molecule has 0 radical (unpaired) electrons. The van der Waals surface area contributed by atoms with Crippen molar-refractivity contribution in [3.8, 4) is 0 Å². The average Bonchev–Trinajstić information content (AvgIpc) is 2.21. The summed E-state index contributed by atoms with van der Waals surface area (Å²) in [5.41, 5.74) is -0.567. The first-order valence-corrected chi connectivity index (χ1v) is 6.41. The van der Waals surface area contributed by atoms with Crippen LogP contribution in [0.3, 0.4) is 0 Å². The first kappa shape index (κ1) is 16.7. The van der Waals surface area contributed by atoms with Crippen molar-refractivity contribution < 1.29 is 19.1 Å². The maximum Gasteiger partial charge on any atom is 0.408 e. The second-order valence-corrected chi connectivity index (χ2v) is 5.30. The normalized spacial score (nSPS) is 12.7. The van der Waals surface area contributed by atoms with Gasteiger partial charge in [-0.05, 0) is 34.1 Å². The Morgan fingerprint density at radius 2 is 1.89 bits per heavy atom. The summed E-state index contributed by atoms with van der Waals surface area (Å²) < 4.78 is 10.1. The first-order valence-electron chi connectivity index (χ1n) is 6.41. The minimum absolute atomic E-state index is 0.113. The molecule has 0 aliphatic heterocycles. The summed E-state index contributed by atoms with van der Waals surface area (Å²) in [5.74, 6) is -0.440. The number of esters is 1. The Kier molecular flexibility index (Phi) is 7.39. The molecule has 5 nitrogen and oxygen atoms in total. The van der Waals surface area contributed by atoms with Crippen LogP contribution in [0.15, 0.2) is 0 Å². The minimum atomic E-state index is -0.610. The van der Waals surface area contributed by atoms with Gasteiger partial charge in [0.1, 0.15) is 12.1 Å². The Morgan fingerprint density at radius 3 is 2.39 bits per heavy atom. The molecule has 0 fully saturated rings. The quantitative estimate of drug-likeness (QED) is 0.745. The molecule has 0 aromatic carbocycles. The van der Waals surface area contributed by atoms with Gasteiger partial charge >= 0.3 is 12.1 Å². The third-order valence-corrected chi connectivity index (χ3v) is 2.07. The molecule has 0 aromatic heterocycles. The lowest BCUT2D eigenvalue weighted by molar-refractivity contribution is -0.147. The monoisotopic (exact) mass is 259 g/mol. The van der Waals surface area contributed by atoms with E-state index in [0.717, 1.165) is 19.3 Å². The Balaban J connectivity index is 3.79. The van der Waals surface area contributed by atoms with Gasteiger partial charge in [0.05, 0.1) is 6.10 Å². The number of carbonyl (C=O) groups is 2. The number of carbonyl (C=O) groups excluding carboxylic acids is 2. The number of hydrogen-bond acceptors (Lipinski definition) is 4. The van der Waals surface area contributed by atoms with Gasteiger partial charge < -0.3 is 14.8 Å². The Morgan fingerprint density at radius 1 is 1.28 bits per heavy atom. The van der Waals surface area contributed by atoms with Gasteiger partial charge in [-0.25, -0.2) is 4.79 Å². The lowest BCUT2D eigenvalue weighted by Gasteiger charge is -2.19. The fourth-order valence-corrected chi connectivity index (χ4v) is 1.28. The summed E-state index contributed by atoms with van der Waals surface area (Å²) >= 11 is 0. The highest BCUT2D eigenvalue weighted by molar-refractivity contribution is 5.78. The summed E-state index contributed by atoms with van der Waals surface area (Å²) in [6, 6.07) is 0. The van der Waals surface area contributed by atoms with Crippen LogP contribution < -0.4 is 5.32 Å². The van der Waals surface area contributed by atoms with E-state index in [2.05, 4.69) is 12.2 Å². The van der Waals surface area contributed by atoms with E-state index in [4.69, 9.17) is 9.47 Å². The zero-order chi connectivity index (χ0) is 14.2. The van der Waals surface area contributed by atoms with Crippen molar-refractivity contribution in [3.05, 3.63) is 0 Å². The predicted molar refractivity (Wildman–Crippen MR) is 69.3 cm³/mol. The summed E-state index contributed by atoms with van der Waals surface area (Å²) in [6.45, 7) is 9.05. The van der Waals surface area contributed by atoms with Gasteiger partial charge in [-0.3, -0.25) is 4.79 Å². The van der Waals surface area contributed by atoms with Gasteiger partial charge in [0.2, 0.25) is 0 Å². The zero-order valence-corrected chi connectivity index (χ0v) is 12.0. The number of rotatable bonds is 6. The summed E-state index contributed by atoms with van der Waals surface area (Å²) in [7, 11) is 0. The second kappa shape index (κ2) is 7.95. The van der Waals surface area contributed by atoms with Crippen molar-refractivity contribution in [2.45, 2.75) is 65.6 Å². The number of nitrogens with one attached hydrogen (secondary N) is 1. The number of unbranched alkanes of at least 4 members (excludes halogenated alkanes) is 1. The van der Waals surface area contributed by atoms with Gasteiger partial charge in [-0.1, -0.05) is 19.8 Å². The zero-order valence-electron chi connectivity index (χ0n) is 12.0. The van der Waals surface area contributed by atoms with Crippen LogP contribution in [0, 0.1) is 0 Å². The van der Waals surface area contributed by atoms with Crippen molar-refractivity contribution in [1.29, 1.82) is 0 Å².